The van der Waals surface area contributed by atoms with E-state index in [0.717, 1.165) is 0 Å². The zero-order valence-corrected chi connectivity index (χ0v) is 12.0. The first kappa shape index (κ1) is 14.6. The van der Waals surface area contributed by atoms with E-state index in [9.17, 15) is 10.1 Å². The van der Waals surface area contributed by atoms with Crippen LogP contribution in [0.4, 0.5) is 5.69 Å². The summed E-state index contributed by atoms with van der Waals surface area (Å²) in [5, 5.41) is 9.32. The van der Waals surface area contributed by atoms with Gasteiger partial charge in [0.2, 0.25) is 5.91 Å². The minimum Gasteiger partial charge on any atom is -0.497 e. The second-order valence-corrected chi connectivity index (χ2v) is 4.57. The molecule has 2 aromatic carbocycles. The number of amides is 1. The number of likely N-dealkylation sites (N-methyl/N-ethyl adjacent to an activating group) is 1. The van der Waals surface area contributed by atoms with E-state index >= 15 is 0 Å². The highest BCUT2D eigenvalue weighted by atomic mass is 16.5. The average Bonchev–Trinajstić information content (AvgIpc) is 2.55. The second kappa shape index (κ2) is 6.58. The number of benzene rings is 2. The summed E-state index contributed by atoms with van der Waals surface area (Å²) in [6.07, 6.45) is 0. The molecule has 0 heterocycles. The summed E-state index contributed by atoms with van der Waals surface area (Å²) in [6, 6.07) is 18.3. The molecule has 4 nitrogen and oxygen atoms in total. The Labute approximate surface area is 124 Å². The van der Waals surface area contributed by atoms with Gasteiger partial charge in [0.05, 0.1) is 13.2 Å². The molecule has 2 rings (SSSR count). The van der Waals surface area contributed by atoms with Crippen LogP contribution in [0, 0.1) is 11.3 Å². The number of hydrogen-bond donors (Lipinski definition) is 0. The van der Waals surface area contributed by atoms with Crippen molar-refractivity contribution in [3.8, 4) is 11.8 Å². The lowest BCUT2D eigenvalue weighted by Gasteiger charge is -2.21. The van der Waals surface area contributed by atoms with E-state index in [1.54, 1.807) is 44.5 Å². The van der Waals surface area contributed by atoms with Crippen LogP contribution in [0.25, 0.3) is 0 Å². The summed E-state index contributed by atoms with van der Waals surface area (Å²) >= 11 is 0. The Kier molecular flexibility index (Phi) is 4.57. The van der Waals surface area contributed by atoms with Crippen molar-refractivity contribution in [1.82, 2.24) is 0 Å². The van der Waals surface area contributed by atoms with Crippen molar-refractivity contribution in [2.75, 3.05) is 19.1 Å². The predicted octanol–water partition coefficient (Wildman–Crippen LogP) is 2.97. The fourth-order valence-electron chi connectivity index (χ4n) is 2.06. The van der Waals surface area contributed by atoms with Gasteiger partial charge >= 0.3 is 0 Å². The minimum atomic E-state index is -0.817. The highest BCUT2D eigenvalue weighted by Gasteiger charge is 2.24. The Balaban J connectivity index is 2.27. The molecule has 0 spiro atoms. The Morgan fingerprint density at radius 1 is 1.19 bits per heavy atom. The molecule has 0 saturated carbocycles. The van der Waals surface area contributed by atoms with Crippen molar-refractivity contribution in [2.24, 2.45) is 0 Å². The molecule has 21 heavy (non-hydrogen) atoms. The molecule has 0 saturated heterocycles. The van der Waals surface area contributed by atoms with Crippen LogP contribution in [0.1, 0.15) is 11.5 Å². The van der Waals surface area contributed by atoms with Crippen molar-refractivity contribution in [1.29, 1.82) is 5.26 Å². The van der Waals surface area contributed by atoms with Gasteiger partial charge in [-0.15, -0.1) is 0 Å². The van der Waals surface area contributed by atoms with Crippen molar-refractivity contribution in [2.45, 2.75) is 5.92 Å². The zero-order chi connectivity index (χ0) is 15.2. The summed E-state index contributed by atoms with van der Waals surface area (Å²) in [5.41, 5.74) is 1.38. The van der Waals surface area contributed by atoms with Gasteiger partial charge in [-0.25, -0.2) is 0 Å². The van der Waals surface area contributed by atoms with E-state index < -0.39 is 5.92 Å². The highest BCUT2D eigenvalue weighted by molar-refractivity contribution is 5.99. The van der Waals surface area contributed by atoms with Crippen molar-refractivity contribution in [3.05, 3.63) is 60.2 Å². The molecular weight excluding hydrogens is 264 g/mol. The number of nitrogens with zero attached hydrogens (tertiary/aromatic N) is 2. The van der Waals surface area contributed by atoms with Gasteiger partial charge in [-0.1, -0.05) is 36.4 Å². The van der Waals surface area contributed by atoms with E-state index in [2.05, 4.69) is 6.07 Å². The molecule has 0 aliphatic carbocycles. The van der Waals surface area contributed by atoms with Crippen molar-refractivity contribution in [3.63, 3.8) is 0 Å². The van der Waals surface area contributed by atoms with E-state index in [1.807, 2.05) is 24.3 Å². The van der Waals surface area contributed by atoms with Crippen LogP contribution in [-0.4, -0.2) is 20.1 Å². The summed E-state index contributed by atoms with van der Waals surface area (Å²) in [4.78, 5) is 14.0. The molecule has 0 aliphatic rings. The van der Waals surface area contributed by atoms with Gasteiger partial charge in [0.1, 0.15) is 5.75 Å². The molecule has 106 valence electrons. The first-order chi connectivity index (χ1) is 10.2. The van der Waals surface area contributed by atoms with Crippen LogP contribution in [0.5, 0.6) is 5.75 Å². The van der Waals surface area contributed by atoms with Crippen LogP contribution in [-0.2, 0) is 4.79 Å². The number of anilines is 1. The predicted molar refractivity (Wildman–Crippen MR) is 81.2 cm³/mol. The lowest BCUT2D eigenvalue weighted by Crippen LogP contribution is -2.31. The van der Waals surface area contributed by atoms with E-state index in [4.69, 9.17) is 4.74 Å². The third-order valence-electron chi connectivity index (χ3n) is 3.28. The van der Waals surface area contributed by atoms with Crippen molar-refractivity contribution >= 4 is 11.6 Å². The van der Waals surface area contributed by atoms with Gasteiger partial charge in [0.15, 0.2) is 5.92 Å². The first-order valence-corrected chi connectivity index (χ1v) is 6.53. The number of hydrogen-bond acceptors (Lipinski definition) is 3. The maximum Gasteiger partial charge on any atom is 0.248 e. The van der Waals surface area contributed by atoms with Gasteiger partial charge in [-0.2, -0.15) is 5.26 Å². The largest absolute Gasteiger partial charge is 0.497 e. The van der Waals surface area contributed by atoms with E-state index in [-0.39, 0.29) is 5.91 Å². The van der Waals surface area contributed by atoms with Crippen LogP contribution in [0.3, 0.4) is 0 Å². The fourth-order valence-corrected chi connectivity index (χ4v) is 2.06. The van der Waals surface area contributed by atoms with Gasteiger partial charge in [0, 0.05) is 18.8 Å². The summed E-state index contributed by atoms with van der Waals surface area (Å²) in [6.45, 7) is 0. The SMILES string of the molecule is COc1cccc(N(C)C(=O)C(C#N)c2ccccc2)c1. The third kappa shape index (κ3) is 3.21. The molecule has 0 aliphatic heterocycles. The molecule has 0 radical (unpaired) electrons. The summed E-state index contributed by atoms with van der Waals surface area (Å²) < 4.78 is 5.15. The highest BCUT2D eigenvalue weighted by Crippen LogP contribution is 2.24. The Morgan fingerprint density at radius 3 is 2.52 bits per heavy atom. The van der Waals surface area contributed by atoms with Crippen LogP contribution < -0.4 is 9.64 Å². The lowest BCUT2D eigenvalue weighted by atomic mass is 9.99. The number of ether oxygens (including phenoxy) is 1. The molecule has 2 aromatic rings. The maximum absolute atomic E-state index is 12.5. The normalized spacial score (nSPS) is 11.3. The fraction of sp³-hybridized carbons (Fsp3) is 0.176. The smallest absolute Gasteiger partial charge is 0.248 e. The standard InChI is InChI=1S/C17H16N2O2/c1-19(14-9-6-10-15(11-14)21-2)17(20)16(12-18)13-7-4-3-5-8-13/h3-11,16H,1-2H3. The second-order valence-electron chi connectivity index (χ2n) is 4.57. The Bertz CT molecular complexity index is 662. The summed E-state index contributed by atoms with van der Waals surface area (Å²) in [7, 11) is 3.23. The quantitative estimate of drug-likeness (QED) is 0.865. The molecule has 0 N–H and O–H groups in total. The average molecular weight is 280 g/mol. The topological polar surface area (TPSA) is 53.3 Å². The number of carbonyl (C=O) groups is 1. The molecule has 0 aromatic heterocycles. The molecule has 1 atom stereocenters. The van der Waals surface area contributed by atoms with Gasteiger partial charge in [-0.3, -0.25) is 4.79 Å². The number of rotatable bonds is 4. The van der Waals surface area contributed by atoms with Gasteiger partial charge < -0.3 is 9.64 Å². The van der Waals surface area contributed by atoms with E-state index in [1.165, 1.54) is 4.90 Å². The third-order valence-corrected chi connectivity index (χ3v) is 3.28. The minimum absolute atomic E-state index is 0.267. The van der Waals surface area contributed by atoms with Gasteiger partial charge in [0.25, 0.3) is 0 Å². The van der Waals surface area contributed by atoms with Crippen LogP contribution >= 0.6 is 0 Å². The lowest BCUT2D eigenvalue weighted by molar-refractivity contribution is -0.118. The molecule has 0 bridgehead atoms. The van der Waals surface area contributed by atoms with E-state index in [0.29, 0.717) is 17.0 Å². The first-order valence-electron chi connectivity index (χ1n) is 6.53. The zero-order valence-electron chi connectivity index (χ0n) is 12.0. The van der Waals surface area contributed by atoms with Crippen molar-refractivity contribution < 1.29 is 9.53 Å². The van der Waals surface area contributed by atoms with Crippen LogP contribution in [0.2, 0.25) is 0 Å². The Hall–Kier alpha value is -2.80. The number of nitriles is 1. The van der Waals surface area contributed by atoms with Gasteiger partial charge in [-0.05, 0) is 17.7 Å². The molecular formula is C17H16N2O2. The number of methoxy groups -OCH3 is 1. The monoisotopic (exact) mass is 280 g/mol. The maximum atomic E-state index is 12.5. The summed E-state index contributed by atoms with van der Waals surface area (Å²) in [5.74, 6) is -0.417. The molecule has 1 unspecified atom stereocenters. The Morgan fingerprint density at radius 2 is 1.90 bits per heavy atom. The number of carbonyl (C=O) groups excluding carboxylic acids is 1. The molecule has 1 amide bonds. The molecule has 0 fully saturated rings. The van der Waals surface area contributed by atoms with Crippen LogP contribution in [0.15, 0.2) is 54.6 Å². The molecule has 4 heteroatoms.